The molecule has 9 heteroatoms. The molecule has 1 spiro atoms. The van der Waals surface area contributed by atoms with Gasteiger partial charge in [0.25, 0.3) is 0 Å². The fourth-order valence-electron chi connectivity index (χ4n) is 5.18. The van der Waals surface area contributed by atoms with Gasteiger partial charge in [-0.2, -0.15) is 4.31 Å². The zero-order valence-corrected chi connectivity index (χ0v) is 21.9. The van der Waals surface area contributed by atoms with Crippen molar-refractivity contribution in [2.45, 2.75) is 42.4 Å². The third-order valence-corrected chi connectivity index (χ3v) is 9.95. The monoisotopic (exact) mass is 543 g/mol. The van der Waals surface area contributed by atoms with E-state index in [4.69, 9.17) is 23.2 Å². The van der Waals surface area contributed by atoms with Crippen LogP contribution in [-0.2, 0) is 27.8 Å². The van der Waals surface area contributed by atoms with E-state index in [0.29, 0.717) is 25.8 Å². The molecule has 2 aliphatic rings. The molecule has 2 fully saturated rings. The number of rotatable bonds is 6. The van der Waals surface area contributed by atoms with Crippen molar-refractivity contribution in [1.82, 2.24) is 14.5 Å². The summed E-state index contributed by atoms with van der Waals surface area (Å²) in [5, 5.41) is 3.85. The minimum atomic E-state index is -3.83. The van der Waals surface area contributed by atoms with Gasteiger partial charge < -0.3 is 4.90 Å². The molecule has 0 saturated carbocycles. The predicted molar refractivity (Wildman–Crippen MR) is 141 cm³/mol. The number of nitrogens with one attached hydrogen (secondary N) is 1. The molecule has 0 bridgehead atoms. The Morgan fingerprint density at radius 2 is 1.47 bits per heavy atom. The van der Waals surface area contributed by atoms with Gasteiger partial charge in [0.1, 0.15) is 4.90 Å². The molecule has 0 unspecified atom stereocenters. The van der Waals surface area contributed by atoms with Crippen molar-refractivity contribution in [1.29, 1.82) is 0 Å². The van der Waals surface area contributed by atoms with E-state index in [-0.39, 0.29) is 40.0 Å². The van der Waals surface area contributed by atoms with E-state index in [1.54, 1.807) is 12.1 Å². The quantitative estimate of drug-likeness (QED) is 0.488. The van der Waals surface area contributed by atoms with Crippen LogP contribution in [0.2, 0.25) is 10.0 Å². The van der Waals surface area contributed by atoms with Gasteiger partial charge in [-0.05, 0) is 42.5 Å². The smallest absolute Gasteiger partial charge is 0.244 e. The second-order valence-electron chi connectivity index (χ2n) is 9.28. The van der Waals surface area contributed by atoms with Crippen LogP contribution in [0.1, 0.15) is 24.0 Å². The molecule has 3 aromatic rings. The van der Waals surface area contributed by atoms with Gasteiger partial charge >= 0.3 is 0 Å². The first-order valence-electron chi connectivity index (χ1n) is 11.9. The zero-order chi connectivity index (χ0) is 25.3. The van der Waals surface area contributed by atoms with E-state index in [1.807, 2.05) is 65.6 Å². The second kappa shape index (κ2) is 10.1. The van der Waals surface area contributed by atoms with Gasteiger partial charge in [0.15, 0.2) is 0 Å². The Morgan fingerprint density at radius 1 is 0.861 bits per heavy atom. The van der Waals surface area contributed by atoms with Crippen LogP contribution in [-0.4, -0.2) is 48.3 Å². The highest BCUT2D eigenvalue weighted by Gasteiger charge is 2.52. The number of nitrogens with zero attached hydrogens (tertiary/aromatic N) is 2. The van der Waals surface area contributed by atoms with Crippen molar-refractivity contribution in [3.63, 3.8) is 0 Å². The van der Waals surface area contributed by atoms with Crippen LogP contribution < -0.4 is 5.32 Å². The Balaban J connectivity index is 1.40. The third-order valence-electron chi connectivity index (χ3n) is 7.07. The molecule has 1 amide bonds. The lowest BCUT2D eigenvalue weighted by molar-refractivity contribution is -0.134. The molecule has 188 valence electrons. The molecule has 0 aromatic heterocycles. The molecule has 6 nitrogen and oxygen atoms in total. The predicted octanol–water partition coefficient (Wildman–Crippen LogP) is 4.72. The third kappa shape index (κ3) is 4.78. The minimum absolute atomic E-state index is 0.00571. The van der Waals surface area contributed by atoms with E-state index < -0.39 is 15.7 Å². The number of benzene rings is 3. The van der Waals surface area contributed by atoms with E-state index >= 15 is 0 Å². The summed E-state index contributed by atoms with van der Waals surface area (Å²) in [6, 6.07) is 24.1. The Bertz CT molecular complexity index is 1350. The van der Waals surface area contributed by atoms with Gasteiger partial charge in [-0.15, -0.1) is 0 Å². The van der Waals surface area contributed by atoms with Crippen LogP contribution in [0.15, 0.2) is 83.8 Å². The number of piperidine rings is 1. The first-order chi connectivity index (χ1) is 17.3. The molecule has 1 N–H and O–H groups in total. The van der Waals surface area contributed by atoms with Crippen molar-refractivity contribution in [2.24, 2.45) is 0 Å². The molecule has 0 aliphatic carbocycles. The standard InChI is InChI=1S/C27H27Cl2N3O3S/c28-22-12-7-13-24(25(22)29)36(34,35)31-16-14-27(15-17-31)30-23(18-20-8-3-1-4-9-20)26(33)32(27)19-21-10-5-2-6-11-21/h1-13,23,30H,14-19H2/t23-/m0/s1. The average molecular weight is 545 g/mol. The van der Waals surface area contributed by atoms with Crippen LogP contribution >= 0.6 is 23.2 Å². The summed E-state index contributed by atoms with van der Waals surface area (Å²) in [6.07, 6.45) is 1.51. The first kappa shape index (κ1) is 25.2. The number of sulfonamides is 1. The molecule has 1 atom stereocenters. The zero-order valence-electron chi connectivity index (χ0n) is 19.6. The van der Waals surface area contributed by atoms with E-state index in [1.165, 1.54) is 10.4 Å². The first-order valence-corrected chi connectivity index (χ1v) is 14.1. The Labute approximate surface area is 221 Å². The Hall–Kier alpha value is -2.42. The summed E-state index contributed by atoms with van der Waals surface area (Å²) in [5.41, 5.74) is 1.49. The fraction of sp³-hybridized carbons (Fsp3) is 0.296. The molecule has 2 aliphatic heterocycles. The van der Waals surface area contributed by atoms with Crippen molar-refractivity contribution < 1.29 is 13.2 Å². The lowest BCUT2D eigenvalue weighted by Gasteiger charge is -2.44. The SMILES string of the molecule is O=C1[C@H](Cc2ccccc2)NC2(CCN(S(=O)(=O)c3cccc(Cl)c3Cl)CC2)N1Cc1ccccc1. The minimum Gasteiger partial charge on any atom is -0.319 e. The van der Waals surface area contributed by atoms with Gasteiger partial charge in [-0.3, -0.25) is 10.1 Å². The van der Waals surface area contributed by atoms with Crippen molar-refractivity contribution in [3.8, 4) is 0 Å². The Morgan fingerprint density at radius 3 is 2.11 bits per heavy atom. The van der Waals surface area contributed by atoms with E-state index in [0.717, 1.165) is 11.1 Å². The summed E-state index contributed by atoms with van der Waals surface area (Å²) in [6.45, 7) is 0.981. The number of hydrogen-bond donors (Lipinski definition) is 1. The van der Waals surface area contributed by atoms with Gasteiger partial charge in [0.05, 0.1) is 21.7 Å². The van der Waals surface area contributed by atoms with Crippen LogP contribution in [0.3, 0.4) is 0 Å². The number of hydrogen-bond acceptors (Lipinski definition) is 4. The maximum atomic E-state index is 13.7. The average Bonchev–Trinajstić information content (AvgIpc) is 3.12. The Kier molecular flexibility index (Phi) is 7.12. The summed E-state index contributed by atoms with van der Waals surface area (Å²) in [5.74, 6) is 0.0388. The van der Waals surface area contributed by atoms with Crippen molar-refractivity contribution in [2.75, 3.05) is 13.1 Å². The molecule has 36 heavy (non-hydrogen) atoms. The van der Waals surface area contributed by atoms with Crippen molar-refractivity contribution in [3.05, 3.63) is 100 Å². The van der Waals surface area contributed by atoms with Gasteiger partial charge in [-0.1, -0.05) is 89.9 Å². The van der Waals surface area contributed by atoms with Crippen LogP contribution in [0.25, 0.3) is 0 Å². The van der Waals surface area contributed by atoms with E-state index in [2.05, 4.69) is 5.32 Å². The summed E-state index contributed by atoms with van der Waals surface area (Å²) >= 11 is 12.3. The topological polar surface area (TPSA) is 69.7 Å². The van der Waals surface area contributed by atoms with Gasteiger partial charge in [-0.25, -0.2) is 8.42 Å². The lowest BCUT2D eigenvalue weighted by Crippen LogP contribution is -2.59. The van der Waals surface area contributed by atoms with Crippen LogP contribution in [0.4, 0.5) is 0 Å². The summed E-state index contributed by atoms with van der Waals surface area (Å²) in [4.78, 5) is 15.6. The molecule has 2 saturated heterocycles. The number of amides is 1. The summed E-state index contributed by atoms with van der Waals surface area (Å²) < 4.78 is 28.2. The largest absolute Gasteiger partial charge is 0.319 e. The van der Waals surface area contributed by atoms with Crippen LogP contribution in [0.5, 0.6) is 0 Å². The number of carbonyl (C=O) groups excluding carboxylic acids is 1. The van der Waals surface area contributed by atoms with Crippen LogP contribution in [0, 0.1) is 0 Å². The molecular weight excluding hydrogens is 517 g/mol. The fourth-order valence-corrected chi connectivity index (χ4v) is 7.36. The highest BCUT2D eigenvalue weighted by molar-refractivity contribution is 7.89. The van der Waals surface area contributed by atoms with Gasteiger partial charge in [0, 0.05) is 19.6 Å². The molecule has 5 rings (SSSR count). The number of carbonyl (C=O) groups is 1. The molecule has 2 heterocycles. The second-order valence-corrected chi connectivity index (χ2v) is 12.0. The highest BCUT2D eigenvalue weighted by Crippen LogP contribution is 2.38. The van der Waals surface area contributed by atoms with Gasteiger partial charge in [0.2, 0.25) is 15.9 Å². The molecular formula is C27H27Cl2N3O3S. The molecule has 3 aromatic carbocycles. The highest BCUT2D eigenvalue weighted by atomic mass is 35.5. The van der Waals surface area contributed by atoms with E-state index in [9.17, 15) is 13.2 Å². The van der Waals surface area contributed by atoms with Crippen molar-refractivity contribution >= 4 is 39.1 Å². The maximum Gasteiger partial charge on any atom is 0.244 e. The number of halogens is 2. The normalized spacial score (nSPS) is 20.2. The molecule has 0 radical (unpaired) electrons. The lowest BCUT2D eigenvalue weighted by atomic mass is 9.96. The summed E-state index contributed by atoms with van der Waals surface area (Å²) in [7, 11) is -3.83. The maximum absolute atomic E-state index is 13.7.